The number of aliphatic hydroxyl groups is 1. The Morgan fingerprint density at radius 3 is 2.89 bits per heavy atom. The molecular weight excluding hydrogens is 228 g/mol. The van der Waals surface area contributed by atoms with Crippen LogP contribution >= 0.6 is 0 Å². The molecule has 0 amide bonds. The molecule has 0 bridgehead atoms. The zero-order chi connectivity index (χ0) is 12.8. The van der Waals surface area contributed by atoms with Gasteiger partial charge in [-0.1, -0.05) is 12.8 Å². The Bertz CT molecular complexity index is 429. The van der Waals surface area contributed by atoms with Crippen LogP contribution in [0.15, 0.2) is 12.3 Å². The molecule has 1 aliphatic carbocycles. The van der Waals surface area contributed by atoms with Crippen molar-refractivity contribution < 1.29 is 5.11 Å². The Morgan fingerprint density at radius 1 is 1.39 bits per heavy atom. The number of hydrogen-bond acceptors (Lipinski definition) is 5. The highest BCUT2D eigenvalue weighted by atomic mass is 16.3. The second-order valence-corrected chi connectivity index (χ2v) is 4.75. The molecule has 1 aromatic heterocycles. The smallest absolute Gasteiger partial charge is 0.223 e. The molecule has 0 radical (unpaired) electrons. The van der Waals surface area contributed by atoms with Crippen LogP contribution in [-0.2, 0) is 0 Å². The highest BCUT2D eigenvalue weighted by Crippen LogP contribution is 2.29. The van der Waals surface area contributed by atoms with Crippen molar-refractivity contribution in [3.63, 3.8) is 0 Å². The van der Waals surface area contributed by atoms with Crippen molar-refractivity contribution in [2.45, 2.75) is 25.7 Å². The molecule has 5 heteroatoms. The van der Waals surface area contributed by atoms with Crippen molar-refractivity contribution >= 4 is 5.95 Å². The van der Waals surface area contributed by atoms with Gasteiger partial charge in [-0.2, -0.15) is 5.26 Å². The molecular formula is C13H18N4O. The highest BCUT2D eigenvalue weighted by molar-refractivity contribution is 5.29. The Hall–Kier alpha value is -1.67. The van der Waals surface area contributed by atoms with Gasteiger partial charge in [-0.25, -0.2) is 9.97 Å². The van der Waals surface area contributed by atoms with Gasteiger partial charge in [-0.05, 0) is 30.7 Å². The summed E-state index contributed by atoms with van der Waals surface area (Å²) in [6.07, 6.45) is 6.25. The lowest BCUT2D eigenvalue weighted by molar-refractivity contribution is 0.141. The molecule has 96 valence electrons. The van der Waals surface area contributed by atoms with Crippen molar-refractivity contribution in [3.8, 4) is 6.07 Å². The van der Waals surface area contributed by atoms with Crippen molar-refractivity contribution in [2.75, 3.05) is 18.5 Å². The van der Waals surface area contributed by atoms with E-state index in [4.69, 9.17) is 5.26 Å². The maximum atomic E-state index is 9.34. The van der Waals surface area contributed by atoms with Crippen LogP contribution in [-0.4, -0.2) is 28.2 Å². The molecule has 0 aromatic carbocycles. The summed E-state index contributed by atoms with van der Waals surface area (Å²) in [5, 5.41) is 21.3. The van der Waals surface area contributed by atoms with E-state index in [1.165, 1.54) is 12.8 Å². The third kappa shape index (κ3) is 3.17. The van der Waals surface area contributed by atoms with E-state index in [0.29, 0.717) is 23.5 Å². The van der Waals surface area contributed by atoms with Gasteiger partial charge in [0.25, 0.3) is 0 Å². The molecule has 2 N–H and O–H groups in total. The largest absolute Gasteiger partial charge is 0.396 e. The van der Waals surface area contributed by atoms with E-state index in [0.717, 1.165) is 19.4 Å². The van der Waals surface area contributed by atoms with Crippen molar-refractivity contribution in [2.24, 2.45) is 11.8 Å². The van der Waals surface area contributed by atoms with Crippen LogP contribution in [0.5, 0.6) is 0 Å². The summed E-state index contributed by atoms with van der Waals surface area (Å²) in [4.78, 5) is 8.17. The number of aromatic nitrogens is 2. The van der Waals surface area contributed by atoms with Gasteiger partial charge in [0, 0.05) is 19.3 Å². The average molecular weight is 246 g/mol. The fraction of sp³-hybridized carbons (Fsp3) is 0.615. The summed E-state index contributed by atoms with van der Waals surface area (Å²) >= 11 is 0. The molecule has 2 rings (SSSR count). The van der Waals surface area contributed by atoms with Gasteiger partial charge in [0.05, 0.1) is 0 Å². The Balaban J connectivity index is 1.91. The molecule has 18 heavy (non-hydrogen) atoms. The topological polar surface area (TPSA) is 81.8 Å². The first kappa shape index (κ1) is 12.8. The summed E-state index contributed by atoms with van der Waals surface area (Å²) in [6.45, 7) is 1.02. The number of nitrogens with one attached hydrogen (secondary N) is 1. The first-order valence-electron chi connectivity index (χ1n) is 6.41. The standard InChI is InChI=1S/C13H18N4O/c14-7-12-5-6-15-13(17-12)16-8-10-3-1-2-4-11(10)9-18/h5-6,10-11,18H,1-4,8-9H2,(H,15,16,17). The van der Waals surface area contributed by atoms with Crippen LogP contribution in [0.1, 0.15) is 31.4 Å². The number of rotatable bonds is 4. The fourth-order valence-electron chi connectivity index (χ4n) is 2.52. The van der Waals surface area contributed by atoms with Gasteiger partial charge >= 0.3 is 0 Å². The van der Waals surface area contributed by atoms with Gasteiger partial charge in [0.1, 0.15) is 11.8 Å². The molecule has 0 spiro atoms. The van der Waals surface area contributed by atoms with E-state index in [9.17, 15) is 5.11 Å². The first-order chi connectivity index (χ1) is 8.83. The normalized spacial score (nSPS) is 23.3. The van der Waals surface area contributed by atoms with Gasteiger partial charge in [0.15, 0.2) is 0 Å². The second-order valence-electron chi connectivity index (χ2n) is 4.75. The Kier molecular flexibility index (Phi) is 4.48. The van der Waals surface area contributed by atoms with Gasteiger partial charge in [-0.15, -0.1) is 0 Å². The fourth-order valence-corrected chi connectivity index (χ4v) is 2.52. The average Bonchev–Trinajstić information content (AvgIpc) is 2.45. The van der Waals surface area contributed by atoms with Gasteiger partial charge < -0.3 is 10.4 Å². The van der Waals surface area contributed by atoms with Crippen molar-refractivity contribution in [1.29, 1.82) is 5.26 Å². The molecule has 5 nitrogen and oxygen atoms in total. The Morgan fingerprint density at radius 2 is 2.17 bits per heavy atom. The van der Waals surface area contributed by atoms with Crippen molar-refractivity contribution in [3.05, 3.63) is 18.0 Å². The van der Waals surface area contributed by atoms with Crippen LogP contribution < -0.4 is 5.32 Å². The van der Waals surface area contributed by atoms with E-state index < -0.39 is 0 Å². The highest BCUT2D eigenvalue weighted by Gasteiger charge is 2.24. The quantitative estimate of drug-likeness (QED) is 0.842. The summed E-state index contributed by atoms with van der Waals surface area (Å²) in [5.41, 5.74) is 0.370. The lowest BCUT2D eigenvalue weighted by Gasteiger charge is -2.30. The van der Waals surface area contributed by atoms with Crippen LogP contribution in [0, 0.1) is 23.2 Å². The number of aliphatic hydroxyl groups excluding tert-OH is 1. The predicted molar refractivity (Wildman–Crippen MR) is 67.8 cm³/mol. The predicted octanol–water partition coefficient (Wildman–Crippen LogP) is 1.56. The monoisotopic (exact) mass is 246 g/mol. The maximum Gasteiger partial charge on any atom is 0.223 e. The van der Waals surface area contributed by atoms with Crippen molar-refractivity contribution in [1.82, 2.24) is 9.97 Å². The molecule has 1 saturated carbocycles. The minimum Gasteiger partial charge on any atom is -0.396 e. The molecule has 0 saturated heterocycles. The molecule has 1 heterocycles. The number of nitrogens with zero attached hydrogens (tertiary/aromatic N) is 3. The molecule has 2 atom stereocenters. The van der Waals surface area contributed by atoms with E-state index in [1.54, 1.807) is 12.3 Å². The van der Waals surface area contributed by atoms with Crippen LogP contribution in [0.3, 0.4) is 0 Å². The maximum absolute atomic E-state index is 9.34. The van der Waals surface area contributed by atoms with E-state index in [1.807, 2.05) is 6.07 Å². The summed E-state index contributed by atoms with van der Waals surface area (Å²) < 4.78 is 0. The lowest BCUT2D eigenvalue weighted by atomic mass is 9.80. The van der Waals surface area contributed by atoms with Gasteiger partial charge in [0.2, 0.25) is 5.95 Å². The zero-order valence-corrected chi connectivity index (χ0v) is 10.3. The third-order valence-electron chi connectivity index (χ3n) is 3.59. The number of hydrogen-bond donors (Lipinski definition) is 2. The summed E-state index contributed by atoms with van der Waals surface area (Å²) in [6, 6.07) is 3.58. The molecule has 0 aliphatic heterocycles. The molecule has 2 unspecified atom stereocenters. The lowest BCUT2D eigenvalue weighted by Crippen LogP contribution is -2.29. The zero-order valence-electron chi connectivity index (χ0n) is 10.3. The van der Waals surface area contributed by atoms with E-state index >= 15 is 0 Å². The number of nitriles is 1. The first-order valence-corrected chi connectivity index (χ1v) is 6.41. The SMILES string of the molecule is N#Cc1ccnc(NCC2CCCCC2CO)n1. The van der Waals surface area contributed by atoms with Crippen LogP contribution in [0.25, 0.3) is 0 Å². The van der Waals surface area contributed by atoms with Crippen LogP contribution in [0.4, 0.5) is 5.95 Å². The van der Waals surface area contributed by atoms with Crippen LogP contribution in [0.2, 0.25) is 0 Å². The number of anilines is 1. The van der Waals surface area contributed by atoms with Gasteiger partial charge in [-0.3, -0.25) is 0 Å². The third-order valence-corrected chi connectivity index (χ3v) is 3.59. The minimum absolute atomic E-state index is 0.255. The molecule has 1 aromatic rings. The van der Waals surface area contributed by atoms with E-state index in [-0.39, 0.29) is 6.61 Å². The minimum atomic E-state index is 0.255. The second kappa shape index (κ2) is 6.31. The van der Waals surface area contributed by atoms with E-state index in [2.05, 4.69) is 15.3 Å². The summed E-state index contributed by atoms with van der Waals surface area (Å²) in [7, 11) is 0. The summed E-state index contributed by atoms with van der Waals surface area (Å²) in [5.74, 6) is 1.35. The Labute approximate surface area is 107 Å². The molecule has 1 fully saturated rings. The molecule has 1 aliphatic rings.